The van der Waals surface area contributed by atoms with Crippen LogP contribution in [0.5, 0.6) is 5.75 Å². The van der Waals surface area contributed by atoms with Crippen molar-refractivity contribution >= 4 is 17.4 Å². The SMILES string of the molecule is COc1cccc(C2C(=C(O)c3ccc(F)cc3)C(=O)C(=O)N2CCN2CCOCC2)c1. The van der Waals surface area contributed by atoms with E-state index < -0.39 is 23.5 Å². The maximum absolute atomic E-state index is 13.4. The van der Waals surface area contributed by atoms with Gasteiger partial charge in [-0.1, -0.05) is 12.1 Å². The number of halogens is 1. The third-order valence-electron chi connectivity index (χ3n) is 5.83. The highest BCUT2D eigenvalue weighted by molar-refractivity contribution is 6.46. The maximum Gasteiger partial charge on any atom is 0.295 e. The van der Waals surface area contributed by atoms with Gasteiger partial charge in [0.1, 0.15) is 17.3 Å². The van der Waals surface area contributed by atoms with Gasteiger partial charge in [-0.05, 0) is 42.0 Å². The number of nitrogens with zero attached hydrogens (tertiary/aromatic N) is 2. The highest BCUT2D eigenvalue weighted by Gasteiger charge is 2.46. The number of aliphatic hydroxyl groups excluding tert-OH is 1. The fraction of sp³-hybridized carbons (Fsp3) is 0.333. The second-order valence-corrected chi connectivity index (χ2v) is 7.73. The highest BCUT2D eigenvalue weighted by atomic mass is 19.1. The van der Waals surface area contributed by atoms with Crippen molar-refractivity contribution in [3.63, 3.8) is 0 Å². The Balaban J connectivity index is 1.74. The molecule has 1 N–H and O–H groups in total. The van der Waals surface area contributed by atoms with E-state index in [1.165, 1.54) is 36.3 Å². The van der Waals surface area contributed by atoms with E-state index in [2.05, 4.69) is 4.90 Å². The normalized spacial score (nSPS) is 21.2. The molecule has 32 heavy (non-hydrogen) atoms. The van der Waals surface area contributed by atoms with Crippen LogP contribution in [-0.4, -0.2) is 73.1 Å². The number of carbonyl (C=O) groups excluding carboxylic acids is 2. The number of ether oxygens (including phenoxy) is 2. The molecule has 7 nitrogen and oxygen atoms in total. The second-order valence-electron chi connectivity index (χ2n) is 7.73. The first kappa shape index (κ1) is 22.0. The third kappa shape index (κ3) is 4.37. The van der Waals surface area contributed by atoms with E-state index in [0.29, 0.717) is 37.6 Å². The van der Waals surface area contributed by atoms with Crippen LogP contribution >= 0.6 is 0 Å². The number of benzene rings is 2. The Morgan fingerprint density at radius 1 is 1.12 bits per heavy atom. The largest absolute Gasteiger partial charge is 0.507 e. The van der Waals surface area contributed by atoms with Crippen LogP contribution < -0.4 is 4.74 Å². The summed E-state index contributed by atoms with van der Waals surface area (Å²) in [6, 6.07) is 11.5. The molecule has 2 saturated heterocycles. The van der Waals surface area contributed by atoms with Crippen molar-refractivity contribution in [1.29, 1.82) is 0 Å². The average Bonchev–Trinajstić information content (AvgIpc) is 3.08. The van der Waals surface area contributed by atoms with Gasteiger partial charge in [0.25, 0.3) is 11.7 Å². The van der Waals surface area contributed by atoms with Gasteiger partial charge in [0.05, 0.1) is 31.9 Å². The lowest BCUT2D eigenvalue weighted by molar-refractivity contribution is -0.140. The fourth-order valence-corrected chi connectivity index (χ4v) is 4.11. The summed E-state index contributed by atoms with van der Waals surface area (Å²) in [4.78, 5) is 29.7. The Bertz CT molecular complexity index is 1030. The summed E-state index contributed by atoms with van der Waals surface area (Å²) in [5.41, 5.74) is 0.900. The molecule has 0 bridgehead atoms. The summed E-state index contributed by atoms with van der Waals surface area (Å²) >= 11 is 0. The number of methoxy groups -OCH3 is 1. The molecule has 1 amide bonds. The number of morpholine rings is 1. The molecule has 0 aromatic heterocycles. The smallest absolute Gasteiger partial charge is 0.295 e. The Kier molecular flexibility index (Phi) is 6.53. The molecule has 2 heterocycles. The van der Waals surface area contributed by atoms with Crippen molar-refractivity contribution in [3.05, 3.63) is 71.0 Å². The molecule has 8 heteroatoms. The Morgan fingerprint density at radius 3 is 2.53 bits per heavy atom. The lowest BCUT2D eigenvalue weighted by Crippen LogP contribution is -2.42. The first-order chi connectivity index (χ1) is 15.5. The first-order valence-corrected chi connectivity index (χ1v) is 10.5. The Morgan fingerprint density at radius 2 is 1.84 bits per heavy atom. The zero-order valence-corrected chi connectivity index (χ0v) is 17.8. The lowest BCUT2D eigenvalue weighted by atomic mass is 9.95. The Hall–Kier alpha value is -3.23. The fourth-order valence-electron chi connectivity index (χ4n) is 4.11. The van der Waals surface area contributed by atoms with Crippen molar-refractivity contribution in [1.82, 2.24) is 9.80 Å². The standard InChI is InChI=1S/C24H25FN2O5/c1-31-19-4-2-3-17(15-19)21-20(22(28)16-5-7-18(25)8-6-16)23(29)24(30)27(21)10-9-26-11-13-32-14-12-26/h2-8,15,21,28H,9-14H2,1H3. The average molecular weight is 440 g/mol. The van der Waals surface area contributed by atoms with Gasteiger partial charge >= 0.3 is 0 Å². The number of hydrogen-bond acceptors (Lipinski definition) is 6. The van der Waals surface area contributed by atoms with Gasteiger partial charge in [-0.2, -0.15) is 0 Å². The molecule has 168 valence electrons. The van der Waals surface area contributed by atoms with E-state index in [9.17, 15) is 19.1 Å². The van der Waals surface area contributed by atoms with Crippen LogP contribution in [0.2, 0.25) is 0 Å². The summed E-state index contributed by atoms with van der Waals surface area (Å²) in [5.74, 6) is -1.65. The monoisotopic (exact) mass is 440 g/mol. The molecular weight excluding hydrogens is 415 g/mol. The molecule has 2 aliphatic heterocycles. The van der Waals surface area contributed by atoms with Crippen LogP contribution in [0.1, 0.15) is 17.2 Å². The van der Waals surface area contributed by atoms with E-state index >= 15 is 0 Å². The van der Waals surface area contributed by atoms with E-state index in [1.54, 1.807) is 24.3 Å². The van der Waals surface area contributed by atoms with E-state index in [0.717, 1.165) is 13.1 Å². The number of amides is 1. The minimum Gasteiger partial charge on any atom is -0.507 e. The minimum absolute atomic E-state index is 0.0168. The van der Waals surface area contributed by atoms with Gasteiger partial charge in [-0.3, -0.25) is 14.5 Å². The predicted octanol–water partition coefficient (Wildman–Crippen LogP) is 2.59. The number of carbonyl (C=O) groups is 2. The number of likely N-dealkylation sites (tertiary alicyclic amines) is 1. The van der Waals surface area contributed by atoms with Gasteiger partial charge in [0.15, 0.2) is 0 Å². The number of aliphatic hydroxyl groups is 1. The molecule has 0 saturated carbocycles. The molecule has 2 aromatic rings. The summed E-state index contributed by atoms with van der Waals surface area (Å²) in [6.07, 6.45) is 0. The number of rotatable bonds is 6. The van der Waals surface area contributed by atoms with Gasteiger partial charge in [0, 0.05) is 31.7 Å². The first-order valence-electron chi connectivity index (χ1n) is 10.5. The Labute approximate surface area is 185 Å². The number of hydrogen-bond donors (Lipinski definition) is 1. The molecule has 2 aliphatic rings. The van der Waals surface area contributed by atoms with Crippen molar-refractivity contribution in [2.24, 2.45) is 0 Å². The molecule has 2 fully saturated rings. The third-order valence-corrected chi connectivity index (χ3v) is 5.83. The van der Waals surface area contributed by atoms with Gasteiger partial charge in [-0.15, -0.1) is 0 Å². The van der Waals surface area contributed by atoms with Gasteiger partial charge in [0.2, 0.25) is 0 Å². The van der Waals surface area contributed by atoms with Crippen molar-refractivity contribution in [3.8, 4) is 5.75 Å². The van der Waals surface area contributed by atoms with Crippen molar-refractivity contribution in [2.75, 3.05) is 46.5 Å². The lowest BCUT2D eigenvalue weighted by Gasteiger charge is -2.31. The maximum atomic E-state index is 13.4. The summed E-state index contributed by atoms with van der Waals surface area (Å²) in [5, 5.41) is 11.0. The zero-order chi connectivity index (χ0) is 22.7. The van der Waals surface area contributed by atoms with E-state index in [-0.39, 0.29) is 16.9 Å². The van der Waals surface area contributed by atoms with Gasteiger partial charge in [-0.25, -0.2) is 4.39 Å². The zero-order valence-electron chi connectivity index (χ0n) is 17.8. The van der Waals surface area contributed by atoms with E-state index in [1.807, 2.05) is 0 Å². The molecule has 1 atom stereocenters. The second kappa shape index (κ2) is 9.50. The molecule has 2 aromatic carbocycles. The highest BCUT2D eigenvalue weighted by Crippen LogP contribution is 2.40. The topological polar surface area (TPSA) is 79.3 Å². The van der Waals surface area contributed by atoms with Crippen LogP contribution in [0.25, 0.3) is 5.76 Å². The van der Waals surface area contributed by atoms with Crippen molar-refractivity contribution < 1.29 is 28.6 Å². The molecule has 0 spiro atoms. The van der Waals surface area contributed by atoms with Gasteiger partial charge < -0.3 is 19.5 Å². The van der Waals surface area contributed by atoms with Crippen LogP contribution in [0.15, 0.2) is 54.1 Å². The summed E-state index contributed by atoms with van der Waals surface area (Å²) < 4.78 is 24.1. The molecule has 4 rings (SSSR count). The van der Waals surface area contributed by atoms with Crippen LogP contribution in [0.3, 0.4) is 0 Å². The summed E-state index contributed by atoms with van der Waals surface area (Å²) in [7, 11) is 1.53. The predicted molar refractivity (Wildman–Crippen MR) is 116 cm³/mol. The van der Waals surface area contributed by atoms with Crippen molar-refractivity contribution in [2.45, 2.75) is 6.04 Å². The number of Topliss-reactive ketones (excluding diaryl/α,β-unsaturated/α-hetero) is 1. The molecule has 1 unspecified atom stereocenters. The number of ketones is 1. The molecule has 0 aliphatic carbocycles. The van der Waals surface area contributed by atoms with E-state index in [4.69, 9.17) is 9.47 Å². The van der Waals surface area contributed by atoms with Crippen LogP contribution in [0, 0.1) is 5.82 Å². The summed E-state index contributed by atoms with van der Waals surface area (Å²) in [6.45, 7) is 3.65. The molecular formula is C24H25FN2O5. The quantitative estimate of drug-likeness (QED) is 0.423. The molecule has 0 radical (unpaired) electrons. The van der Waals surface area contributed by atoms with Crippen LogP contribution in [-0.2, 0) is 14.3 Å². The minimum atomic E-state index is -0.781. The van der Waals surface area contributed by atoms with Crippen LogP contribution in [0.4, 0.5) is 4.39 Å².